The molecule has 8 heteroatoms. The van der Waals surface area contributed by atoms with Crippen LogP contribution in [0.2, 0.25) is 0 Å². The Morgan fingerprint density at radius 3 is 2.09 bits per heavy atom. The van der Waals surface area contributed by atoms with Crippen molar-refractivity contribution in [2.45, 2.75) is 62.3 Å². The Morgan fingerprint density at radius 1 is 0.829 bits per heavy atom. The molecule has 0 aromatic heterocycles. The summed E-state index contributed by atoms with van der Waals surface area (Å²) in [6.45, 7) is 2.44. The van der Waals surface area contributed by atoms with Crippen molar-refractivity contribution < 1.29 is 18.0 Å². The van der Waals surface area contributed by atoms with E-state index < -0.39 is 10.0 Å². The van der Waals surface area contributed by atoms with Crippen LogP contribution in [0.1, 0.15) is 60.9 Å². The van der Waals surface area contributed by atoms with Crippen molar-refractivity contribution in [3.05, 3.63) is 65.7 Å². The van der Waals surface area contributed by atoms with Gasteiger partial charge in [0, 0.05) is 44.2 Å². The van der Waals surface area contributed by atoms with Crippen LogP contribution in [0.15, 0.2) is 59.5 Å². The summed E-state index contributed by atoms with van der Waals surface area (Å²) in [7, 11) is -3.45. The lowest BCUT2D eigenvalue weighted by molar-refractivity contribution is -0.132. The Balaban J connectivity index is 1.23. The van der Waals surface area contributed by atoms with Crippen molar-refractivity contribution in [2.24, 2.45) is 0 Å². The molecule has 0 spiro atoms. The molecule has 0 bridgehead atoms. The van der Waals surface area contributed by atoms with Gasteiger partial charge in [-0.2, -0.15) is 4.31 Å². The lowest BCUT2D eigenvalue weighted by atomic mass is 10.0. The van der Waals surface area contributed by atoms with Gasteiger partial charge in [0.25, 0.3) is 5.91 Å². The summed E-state index contributed by atoms with van der Waals surface area (Å²) in [5.41, 5.74) is 1.61. The van der Waals surface area contributed by atoms with Gasteiger partial charge in [-0.1, -0.05) is 43.2 Å². The van der Waals surface area contributed by atoms with Gasteiger partial charge in [-0.25, -0.2) is 8.42 Å². The van der Waals surface area contributed by atoms with Gasteiger partial charge < -0.3 is 10.2 Å². The molecule has 2 aromatic rings. The number of hydrogen-bond donors (Lipinski definition) is 1. The van der Waals surface area contributed by atoms with Crippen LogP contribution in [0, 0.1) is 0 Å². The smallest absolute Gasteiger partial charge is 0.251 e. The van der Waals surface area contributed by atoms with Gasteiger partial charge in [-0.15, -0.1) is 0 Å². The molecule has 188 valence electrons. The van der Waals surface area contributed by atoms with Crippen LogP contribution in [0.3, 0.4) is 0 Å². The minimum absolute atomic E-state index is 0.0725. The molecule has 4 rings (SSSR count). The maximum absolute atomic E-state index is 12.9. The predicted molar refractivity (Wildman–Crippen MR) is 135 cm³/mol. The maximum atomic E-state index is 12.9. The molecule has 0 unspecified atom stereocenters. The fourth-order valence-electron chi connectivity index (χ4n) is 4.80. The number of sulfonamides is 1. The first-order valence-electron chi connectivity index (χ1n) is 12.7. The first-order valence-corrected chi connectivity index (χ1v) is 14.1. The molecule has 2 aromatic carbocycles. The number of hydrogen-bond acceptors (Lipinski definition) is 4. The fraction of sp³-hybridized carbons (Fsp3) is 0.481. The topological polar surface area (TPSA) is 86.8 Å². The molecule has 2 aliphatic heterocycles. The lowest BCUT2D eigenvalue weighted by Gasteiger charge is -2.32. The van der Waals surface area contributed by atoms with Gasteiger partial charge in [0.15, 0.2) is 0 Å². The lowest BCUT2D eigenvalue weighted by Crippen LogP contribution is -2.46. The molecule has 35 heavy (non-hydrogen) atoms. The van der Waals surface area contributed by atoms with Crippen LogP contribution in [-0.2, 0) is 21.2 Å². The largest absolute Gasteiger partial charge is 0.349 e. The SMILES string of the molecule is O=C(NC1CCN(C(=O)CCc2ccc(S(=O)(=O)N3CCCCCC3)cc2)CC1)c1ccccc1. The minimum atomic E-state index is -3.45. The second-order valence-electron chi connectivity index (χ2n) is 9.46. The highest BCUT2D eigenvalue weighted by atomic mass is 32.2. The van der Waals surface area contributed by atoms with E-state index in [2.05, 4.69) is 5.32 Å². The summed E-state index contributed by atoms with van der Waals surface area (Å²) in [5.74, 6) is 0.0239. The van der Waals surface area contributed by atoms with E-state index in [1.807, 2.05) is 35.2 Å². The Hall–Kier alpha value is -2.71. The summed E-state index contributed by atoms with van der Waals surface area (Å²) >= 11 is 0. The predicted octanol–water partition coefficient (Wildman–Crippen LogP) is 3.60. The number of amides is 2. The summed E-state index contributed by atoms with van der Waals surface area (Å²) in [4.78, 5) is 27.3. The molecule has 2 amide bonds. The van der Waals surface area contributed by atoms with Gasteiger partial charge in [0.2, 0.25) is 15.9 Å². The summed E-state index contributed by atoms with van der Waals surface area (Å²) in [6, 6.07) is 16.2. The second kappa shape index (κ2) is 11.8. The van der Waals surface area contributed by atoms with Crippen LogP contribution in [0.5, 0.6) is 0 Å². The third-order valence-electron chi connectivity index (χ3n) is 6.97. The molecule has 2 heterocycles. The molecule has 2 aliphatic rings. The molecule has 0 atom stereocenters. The number of rotatable bonds is 7. The molecule has 2 fully saturated rings. The van der Waals surface area contributed by atoms with Crippen molar-refractivity contribution in [2.75, 3.05) is 26.2 Å². The minimum Gasteiger partial charge on any atom is -0.349 e. The van der Waals surface area contributed by atoms with Crippen molar-refractivity contribution in [3.8, 4) is 0 Å². The second-order valence-corrected chi connectivity index (χ2v) is 11.4. The van der Waals surface area contributed by atoms with Crippen LogP contribution in [-0.4, -0.2) is 61.7 Å². The Bertz CT molecular complexity index is 1090. The number of carbonyl (C=O) groups excluding carboxylic acids is 2. The number of aryl methyl sites for hydroxylation is 1. The maximum Gasteiger partial charge on any atom is 0.251 e. The molecular weight excluding hydrogens is 462 g/mol. The van der Waals surface area contributed by atoms with Crippen molar-refractivity contribution >= 4 is 21.8 Å². The van der Waals surface area contributed by atoms with E-state index in [0.717, 1.165) is 44.1 Å². The standard InChI is InChI=1S/C27H35N3O4S/c31-26(29-20-16-24(17-21-29)28-27(32)23-8-4-3-5-9-23)15-12-22-10-13-25(14-11-22)35(33,34)30-18-6-1-2-7-19-30/h3-5,8-11,13-14,24H,1-2,6-7,12,15-21H2,(H,28,32). The van der Waals surface area contributed by atoms with Crippen molar-refractivity contribution in [3.63, 3.8) is 0 Å². The van der Waals surface area contributed by atoms with E-state index in [1.165, 1.54) is 0 Å². The summed E-state index contributed by atoms with van der Waals surface area (Å²) in [5, 5.41) is 3.07. The van der Waals surface area contributed by atoms with E-state index in [0.29, 0.717) is 49.5 Å². The third kappa shape index (κ3) is 6.70. The van der Waals surface area contributed by atoms with E-state index in [-0.39, 0.29) is 17.9 Å². The Morgan fingerprint density at radius 2 is 1.46 bits per heavy atom. The zero-order chi connectivity index (χ0) is 24.7. The number of likely N-dealkylation sites (tertiary alicyclic amines) is 1. The normalized spacial score (nSPS) is 18.1. The van der Waals surface area contributed by atoms with Gasteiger partial charge in [0.05, 0.1) is 4.90 Å². The first-order chi connectivity index (χ1) is 16.9. The van der Waals surface area contributed by atoms with Crippen LogP contribution < -0.4 is 5.32 Å². The monoisotopic (exact) mass is 497 g/mol. The molecule has 0 radical (unpaired) electrons. The molecule has 0 saturated carbocycles. The number of nitrogens with one attached hydrogen (secondary N) is 1. The van der Waals surface area contributed by atoms with Gasteiger partial charge in [0.1, 0.15) is 0 Å². The molecule has 1 N–H and O–H groups in total. The average Bonchev–Trinajstić information content (AvgIpc) is 3.19. The first kappa shape index (κ1) is 25.4. The molecule has 2 saturated heterocycles. The van der Waals surface area contributed by atoms with E-state index in [9.17, 15) is 18.0 Å². The summed E-state index contributed by atoms with van der Waals surface area (Å²) in [6.07, 6.45) is 6.44. The molecule has 0 aliphatic carbocycles. The van der Waals surface area contributed by atoms with Gasteiger partial charge in [-0.05, 0) is 61.9 Å². The average molecular weight is 498 g/mol. The Labute approximate surface area is 208 Å². The zero-order valence-corrected chi connectivity index (χ0v) is 21.0. The van der Waals surface area contributed by atoms with Crippen LogP contribution >= 0.6 is 0 Å². The number of benzene rings is 2. The van der Waals surface area contributed by atoms with Gasteiger partial charge >= 0.3 is 0 Å². The van der Waals surface area contributed by atoms with Gasteiger partial charge in [-0.3, -0.25) is 9.59 Å². The molecular formula is C27H35N3O4S. The van der Waals surface area contributed by atoms with E-state index in [4.69, 9.17) is 0 Å². The van der Waals surface area contributed by atoms with Crippen molar-refractivity contribution in [1.82, 2.24) is 14.5 Å². The van der Waals surface area contributed by atoms with Crippen LogP contribution in [0.4, 0.5) is 0 Å². The van der Waals surface area contributed by atoms with Crippen molar-refractivity contribution in [1.29, 1.82) is 0 Å². The molecule has 7 nitrogen and oxygen atoms in total. The third-order valence-corrected chi connectivity index (χ3v) is 8.89. The zero-order valence-electron chi connectivity index (χ0n) is 20.2. The number of piperidine rings is 1. The summed E-state index contributed by atoms with van der Waals surface area (Å²) < 4.78 is 27.5. The fourth-order valence-corrected chi connectivity index (χ4v) is 6.32. The number of carbonyl (C=O) groups is 2. The van der Waals surface area contributed by atoms with Crippen LogP contribution in [0.25, 0.3) is 0 Å². The van der Waals surface area contributed by atoms with E-state index in [1.54, 1.807) is 28.6 Å². The quantitative estimate of drug-likeness (QED) is 0.633. The highest BCUT2D eigenvalue weighted by Gasteiger charge is 2.26. The van der Waals surface area contributed by atoms with E-state index >= 15 is 0 Å². The number of nitrogens with zero attached hydrogens (tertiary/aromatic N) is 2. The Kier molecular flexibility index (Phi) is 8.57. The highest BCUT2D eigenvalue weighted by Crippen LogP contribution is 2.21. The highest BCUT2D eigenvalue weighted by molar-refractivity contribution is 7.89.